The lowest BCUT2D eigenvalue weighted by Gasteiger charge is -2.40. The minimum absolute atomic E-state index is 0.0652. The Morgan fingerprint density at radius 1 is 1.17 bits per heavy atom. The van der Waals surface area contributed by atoms with Crippen LogP contribution in [0.4, 0.5) is 4.79 Å². The molecule has 2 saturated carbocycles. The van der Waals surface area contributed by atoms with Gasteiger partial charge in [0.15, 0.2) is 0 Å². The number of methoxy groups -OCH3 is 1. The van der Waals surface area contributed by atoms with Gasteiger partial charge < -0.3 is 30.0 Å². The Hall–Kier alpha value is -3.60. The lowest BCUT2D eigenvalue weighted by atomic mass is 9.87. The third-order valence-electron chi connectivity index (χ3n) is 9.39. The van der Waals surface area contributed by atoms with Crippen LogP contribution >= 0.6 is 11.6 Å². The highest BCUT2D eigenvalue weighted by Crippen LogP contribution is 2.45. The number of allylic oxidation sites excluding steroid dienone is 2. The van der Waals surface area contributed by atoms with Crippen molar-refractivity contribution in [2.24, 2.45) is 18.2 Å². The van der Waals surface area contributed by atoms with Crippen LogP contribution in [-0.4, -0.2) is 77.4 Å². The summed E-state index contributed by atoms with van der Waals surface area (Å²) in [4.78, 5) is 32.9. The van der Waals surface area contributed by atoms with Gasteiger partial charge >= 0.3 is 6.09 Å². The molecule has 1 saturated heterocycles. The van der Waals surface area contributed by atoms with E-state index in [1.165, 1.54) is 19.0 Å². The van der Waals surface area contributed by atoms with Crippen molar-refractivity contribution in [1.29, 1.82) is 0 Å². The third-order valence-corrected chi connectivity index (χ3v) is 9.63. The molecule has 3 N–H and O–H groups in total. The lowest BCUT2D eigenvalue weighted by molar-refractivity contribution is -0.109. The van der Waals surface area contributed by atoms with Crippen LogP contribution in [-0.2, 0) is 21.3 Å². The van der Waals surface area contributed by atoms with Crippen molar-refractivity contribution in [1.82, 2.24) is 24.7 Å². The van der Waals surface area contributed by atoms with Gasteiger partial charge in [0, 0.05) is 56.8 Å². The van der Waals surface area contributed by atoms with E-state index >= 15 is 0 Å². The van der Waals surface area contributed by atoms with Crippen LogP contribution in [0.1, 0.15) is 88.7 Å². The molecule has 2 amide bonds. The number of aromatic nitrogens is 2. The molecule has 2 atom stereocenters. The lowest BCUT2D eigenvalue weighted by Crippen LogP contribution is -2.50. The summed E-state index contributed by atoms with van der Waals surface area (Å²) >= 11 is 6.55. The van der Waals surface area contributed by atoms with E-state index < -0.39 is 0 Å². The molecule has 0 spiro atoms. The predicted molar refractivity (Wildman–Crippen MR) is 193 cm³/mol. The van der Waals surface area contributed by atoms with Crippen LogP contribution in [0.5, 0.6) is 0 Å². The average Bonchev–Trinajstić information content (AvgIpc) is 3.97. The van der Waals surface area contributed by atoms with Crippen molar-refractivity contribution in [3.05, 3.63) is 83.6 Å². The van der Waals surface area contributed by atoms with Crippen LogP contribution in [0.3, 0.4) is 0 Å². The predicted octanol–water partition coefficient (Wildman–Crippen LogP) is 6.80. The van der Waals surface area contributed by atoms with Gasteiger partial charge in [-0.15, -0.1) is 0 Å². The Balaban J connectivity index is 0.000000607. The summed E-state index contributed by atoms with van der Waals surface area (Å²) in [5, 5.41) is 3.62. The molecule has 2 heterocycles. The number of nitrogens with two attached hydrogens (primary N) is 1. The Labute approximate surface area is 292 Å². The Kier molecular flexibility index (Phi) is 14.8. The number of carbonyl (C=O) groups excluding carboxylic acids is 2. The fraction of sp³-hybridized carbons (Fsp3) is 0.541. The summed E-state index contributed by atoms with van der Waals surface area (Å²) in [6.45, 7) is 14.6. The zero-order valence-corrected chi connectivity index (χ0v) is 30.3. The second-order valence-electron chi connectivity index (χ2n) is 13.2. The van der Waals surface area contributed by atoms with Crippen molar-refractivity contribution in [3.8, 4) is 0 Å². The highest BCUT2D eigenvalue weighted by atomic mass is 35.5. The Bertz CT molecular complexity index is 1410. The molecule has 2 aliphatic carbocycles. The fourth-order valence-electron chi connectivity index (χ4n) is 5.61. The molecule has 3 fully saturated rings. The van der Waals surface area contributed by atoms with Crippen LogP contribution in [0, 0.1) is 5.41 Å². The number of rotatable bonds is 12. The standard InChI is InChI=1S/C30H40ClN5O3.C5H10O.C2H5N/c1-5-7-8-26(35-13-15-36(16-14-35)29(38)39-19-30(3)11-12-30)24-10-9-22(31)17-25(24)23(6-2)28(33-21-37)27-18-32-20-34(27)4;1-5(6-2)3-4-5;1-2-3/h5-7,9-10,17-18,20-21,26,28H,8,11-16,19H2,1-4H3,(H,33,37);3-4H2,1-2H3;2H,1,3H2/b7-5-,23-6+;;. The summed E-state index contributed by atoms with van der Waals surface area (Å²) < 4.78 is 12.6. The van der Waals surface area contributed by atoms with Crippen LogP contribution in [0.2, 0.25) is 5.02 Å². The minimum Gasteiger partial charge on any atom is -0.449 e. The highest BCUT2D eigenvalue weighted by molar-refractivity contribution is 6.30. The first kappa shape index (κ1) is 38.8. The van der Waals surface area contributed by atoms with E-state index in [1.807, 2.05) is 48.6 Å². The van der Waals surface area contributed by atoms with E-state index in [0.29, 0.717) is 30.3 Å². The molecule has 2 aromatic rings. The van der Waals surface area contributed by atoms with E-state index in [1.54, 1.807) is 19.6 Å². The summed E-state index contributed by atoms with van der Waals surface area (Å²) in [6.07, 6.45) is 17.1. The number of amides is 2. The number of aryl methyl sites for hydroxylation is 1. The topological polar surface area (TPSA) is 115 Å². The number of nitrogens with zero attached hydrogens (tertiary/aromatic N) is 4. The molecular weight excluding hydrogens is 628 g/mol. The molecule has 0 bridgehead atoms. The van der Waals surface area contributed by atoms with Crippen LogP contribution in [0.25, 0.3) is 5.57 Å². The maximum absolute atomic E-state index is 12.7. The van der Waals surface area contributed by atoms with Crippen LogP contribution in [0.15, 0.2) is 61.7 Å². The second kappa shape index (κ2) is 18.2. The zero-order valence-electron chi connectivity index (χ0n) is 29.6. The monoisotopic (exact) mass is 682 g/mol. The number of hydrogen-bond donors (Lipinski definition) is 2. The van der Waals surface area contributed by atoms with E-state index in [2.05, 4.69) is 59.6 Å². The molecule has 2 unspecified atom stereocenters. The van der Waals surface area contributed by atoms with Gasteiger partial charge in [-0.1, -0.05) is 49.4 Å². The van der Waals surface area contributed by atoms with E-state index in [-0.39, 0.29) is 23.6 Å². The summed E-state index contributed by atoms with van der Waals surface area (Å²) in [7, 11) is 3.69. The van der Waals surface area contributed by atoms with E-state index in [9.17, 15) is 9.59 Å². The molecule has 11 heteroatoms. The van der Waals surface area contributed by atoms with Crippen molar-refractivity contribution in [2.45, 2.75) is 77.5 Å². The summed E-state index contributed by atoms with van der Waals surface area (Å²) in [6, 6.07) is 5.67. The van der Waals surface area contributed by atoms with Crippen molar-refractivity contribution in [3.63, 3.8) is 0 Å². The maximum Gasteiger partial charge on any atom is 0.409 e. The van der Waals surface area contributed by atoms with Crippen molar-refractivity contribution >= 4 is 29.7 Å². The number of imidazole rings is 1. The molecule has 10 nitrogen and oxygen atoms in total. The van der Waals surface area contributed by atoms with Gasteiger partial charge in [0.25, 0.3) is 0 Å². The summed E-state index contributed by atoms with van der Waals surface area (Å²) in [5.41, 5.74) is 9.02. The number of halogens is 1. The molecule has 0 radical (unpaired) electrons. The molecule has 5 rings (SSSR count). The van der Waals surface area contributed by atoms with Gasteiger partial charge in [0.05, 0.1) is 36.5 Å². The highest BCUT2D eigenvalue weighted by Gasteiger charge is 2.39. The normalized spacial score (nSPS) is 19.1. The first-order valence-electron chi connectivity index (χ1n) is 16.7. The Morgan fingerprint density at radius 2 is 1.83 bits per heavy atom. The molecular formula is C37H55ClN6O4. The first-order valence-corrected chi connectivity index (χ1v) is 17.1. The molecule has 1 aromatic heterocycles. The number of carbonyl (C=O) groups is 2. The number of ether oxygens (including phenoxy) is 2. The largest absolute Gasteiger partial charge is 0.449 e. The van der Waals surface area contributed by atoms with Crippen LogP contribution < -0.4 is 11.1 Å². The van der Waals surface area contributed by atoms with Crippen molar-refractivity contribution < 1.29 is 19.1 Å². The summed E-state index contributed by atoms with van der Waals surface area (Å²) in [5.74, 6) is 0. The van der Waals surface area contributed by atoms with Gasteiger partial charge in [-0.05, 0) is 87.9 Å². The number of benzene rings is 1. The van der Waals surface area contributed by atoms with Crippen molar-refractivity contribution in [2.75, 3.05) is 39.9 Å². The quantitative estimate of drug-likeness (QED) is 0.187. The van der Waals surface area contributed by atoms with Gasteiger partial charge in [-0.25, -0.2) is 9.78 Å². The van der Waals surface area contributed by atoms with E-state index in [0.717, 1.165) is 61.2 Å². The fourth-order valence-corrected chi connectivity index (χ4v) is 5.79. The van der Waals surface area contributed by atoms with Gasteiger partial charge in [0.1, 0.15) is 0 Å². The second-order valence-corrected chi connectivity index (χ2v) is 13.7. The Morgan fingerprint density at radius 3 is 2.31 bits per heavy atom. The number of nitrogens with one attached hydrogen (secondary N) is 1. The maximum atomic E-state index is 12.7. The SMILES string of the molecule is C/C=C\CC(c1ccc(Cl)cc1/C(=C\C)C(NC=O)c1cncn1C)N1CCN(C(=O)OCC2(C)CC2)CC1.C=CN.COC1(C)CC1. The molecule has 1 aromatic carbocycles. The average molecular weight is 683 g/mol. The molecule has 48 heavy (non-hydrogen) atoms. The third kappa shape index (κ3) is 11.0. The first-order chi connectivity index (χ1) is 23.0. The smallest absolute Gasteiger partial charge is 0.409 e. The molecule has 3 aliphatic rings. The van der Waals surface area contributed by atoms with E-state index in [4.69, 9.17) is 21.1 Å². The number of hydrogen-bond acceptors (Lipinski definition) is 7. The number of piperazine rings is 1. The molecule has 1 aliphatic heterocycles. The van der Waals surface area contributed by atoms with Gasteiger partial charge in [-0.3, -0.25) is 9.69 Å². The van der Waals surface area contributed by atoms with Gasteiger partial charge in [-0.2, -0.15) is 0 Å². The zero-order chi connectivity index (χ0) is 35.3. The van der Waals surface area contributed by atoms with Gasteiger partial charge in [0.2, 0.25) is 6.41 Å². The molecule has 264 valence electrons. The minimum atomic E-state index is -0.389.